The van der Waals surface area contributed by atoms with Crippen LogP contribution in [0.4, 0.5) is 42.1 Å². The average Bonchev–Trinajstić information content (AvgIpc) is 2.95. The van der Waals surface area contributed by atoms with Gasteiger partial charge in [0.15, 0.2) is 5.50 Å². The first-order valence-corrected chi connectivity index (χ1v) is 12.6. The van der Waals surface area contributed by atoms with Crippen LogP contribution in [0.3, 0.4) is 0 Å². The van der Waals surface area contributed by atoms with Crippen molar-refractivity contribution in [3.63, 3.8) is 0 Å². The lowest BCUT2D eigenvalue weighted by molar-refractivity contribution is -0.152. The van der Waals surface area contributed by atoms with Gasteiger partial charge in [0.25, 0.3) is 0 Å². The van der Waals surface area contributed by atoms with Gasteiger partial charge in [0.05, 0.1) is 23.8 Å². The van der Waals surface area contributed by atoms with Crippen molar-refractivity contribution >= 4 is 29.1 Å². The van der Waals surface area contributed by atoms with E-state index in [4.69, 9.17) is 4.74 Å². The zero-order chi connectivity index (χ0) is 28.5. The maximum absolute atomic E-state index is 15.4. The highest BCUT2D eigenvalue weighted by Gasteiger charge is 2.40. The van der Waals surface area contributed by atoms with Crippen LogP contribution in [0, 0.1) is 17.2 Å². The molecule has 2 aromatic carbocycles. The van der Waals surface area contributed by atoms with E-state index >= 15 is 4.39 Å². The van der Waals surface area contributed by atoms with Crippen LogP contribution >= 0.6 is 11.8 Å². The predicted molar refractivity (Wildman–Crippen MR) is 130 cm³/mol. The van der Waals surface area contributed by atoms with E-state index < -0.39 is 65.1 Å². The summed E-state index contributed by atoms with van der Waals surface area (Å²) in [6.07, 6.45) is -5.73. The molecule has 4 nitrogen and oxygen atoms in total. The van der Waals surface area contributed by atoms with Gasteiger partial charge in [-0.1, -0.05) is 11.8 Å². The average molecular weight is 568 g/mol. The van der Waals surface area contributed by atoms with Gasteiger partial charge in [-0.2, -0.15) is 13.2 Å². The van der Waals surface area contributed by atoms with Crippen molar-refractivity contribution in [3.8, 4) is 5.75 Å². The van der Waals surface area contributed by atoms with Gasteiger partial charge >= 0.3 is 12.1 Å². The monoisotopic (exact) mass is 567 g/mol. The van der Waals surface area contributed by atoms with Crippen LogP contribution < -0.4 is 9.64 Å². The number of carbonyl (C=O) groups excluding carboxylic acids is 1. The summed E-state index contributed by atoms with van der Waals surface area (Å²) in [6, 6.07) is 6.69. The highest BCUT2D eigenvalue weighted by atomic mass is 32.2. The number of esters is 1. The van der Waals surface area contributed by atoms with Gasteiger partial charge in [-0.3, -0.25) is 4.79 Å². The number of benzene rings is 2. The second kappa shape index (κ2) is 11.2. The van der Waals surface area contributed by atoms with Crippen LogP contribution in [0.25, 0.3) is 0 Å². The van der Waals surface area contributed by atoms with Gasteiger partial charge in [-0.15, -0.1) is 0 Å². The molecule has 38 heavy (non-hydrogen) atoms. The Labute approximate surface area is 220 Å². The van der Waals surface area contributed by atoms with Gasteiger partial charge in [-0.05, 0) is 63.6 Å². The molecule has 1 aliphatic heterocycles. The fourth-order valence-corrected chi connectivity index (χ4v) is 5.07. The van der Waals surface area contributed by atoms with Crippen molar-refractivity contribution in [2.45, 2.75) is 56.1 Å². The molecule has 0 aliphatic carbocycles. The highest BCUT2D eigenvalue weighted by Crippen LogP contribution is 2.50. The number of fused-ring (bicyclic) bond motifs is 1. The summed E-state index contributed by atoms with van der Waals surface area (Å²) in [4.78, 5) is 13.4. The molecule has 0 radical (unpaired) electrons. The van der Waals surface area contributed by atoms with Gasteiger partial charge < -0.3 is 14.4 Å². The molecule has 0 spiro atoms. The Morgan fingerprint density at radius 2 is 1.71 bits per heavy atom. The van der Waals surface area contributed by atoms with Gasteiger partial charge in [0.1, 0.15) is 18.2 Å². The van der Waals surface area contributed by atoms with E-state index in [0.29, 0.717) is 18.7 Å². The minimum atomic E-state index is -4.88. The summed E-state index contributed by atoms with van der Waals surface area (Å²) in [5.74, 6) is -5.93. The zero-order valence-corrected chi connectivity index (χ0v) is 22.0. The minimum absolute atomic E-state index is 0.0260. The molecule has 2 unspecified atom stereocenters. The Morgan fingerprint density at radius 1 is 1.08 bits per heavy atom. The van der Waals surface area contributed by atoms with Crippen LogP contribution in [0.5, 0.6) is 5.75 Å². The third-order valence-electron chi connectivity index (χ3n) is 6.10. The molecule has 1 aliphatic rings. The Bertz CT molecular complexity index is 1130. The summed E-state index contributed by atoms with van der Waals surface area (Å²) in [7, 11) is 1.14. The molecule has 0 saturated heterocycles. The lowest BCUT2D eigenvalue weighted by atomic mass is 9.95. The molecular formula is C26H28F7NO3S. The van der Waals surface area contributed by atoms with Crippen molar-refractivity contribution in [2.75, 3.05) is 25.2 Å². The van der Waals surface area contributed by atoms with Crippen LogP contribution in [-0.2, 0) is 15.7 Å². The number of anilines is 2. The summed E-state index contributed by atoms with van der Waals surface area (Å²) < 4.78 is 109. The zero-order valence-electron chi connectivity index (χ0n) is 21.2. The molecule has 0 amide bonds. The summed E-state index contributed by atoms with van der Waals surface area (Å²) in [5.41, 5.74) is -3.93. The molecule has 0 bridgehead atoms. The van der Waals surface area contributed by atoms with E-state index in [1.807, 2.05) is 0 Å². The lowest BCUT2D eigenvalue weighted by Crippen LogP contribution is -2.32. The second-order valence-electron chi connectivity index (χ2n) is 9.90. The predicted octanol–water partition coefficient (Wildman–Crippen LogP) is 8.01. The maximum atomic E-state index is 15.4. The number of carbonyl (C=O) groups is 1. The molecule has 0 fully saturated rings. The number of ether oxygens (including phenoxy) is 2. The van der Waals surface area contributed by atoms with E-state index in [0.717, 1.165) is 31.4 Å². The van der Waals surface area contributed by atoms with Crippen molar-refractivity contribution in [2.24, 2.45) is 11.3 Å². The summed E-state index contributed by atoms with van der Waals surface area (Å²) in [6.45, 7) is 2.92. The molecule has 3 rings (SSSR count). The molecule has 0 saturated carbocycles. The standard InChI is InChI=1S/C26H28F7NO3S/c1-24(2,23(35)36-4)14-37-20-12-21-19(11-18(20)26(31,32)33)34(17-7-5-16(27)6-8-17)13-15(22(28)38-21)9-10-25(3,29)30/h5-8,11-12,15,22H,9-10,13-14H2,1-4H3. The fraction of sp³-hybridized carbons (Fsp3) is 0.500. The Kier molecular flexibility index (Phi) is 8.84. The third-order valence-corrected chi connectivity index (χ3v) is 7.29. The molecule has 210 valence electrons. The maximum Gasteiger partial charge on any atom is 0.420 e. The highest BCUT2D eigenvalue weighted by molar-refractivity contribution is 8.00. The number of nitrogens with zero attached hydrogens (tertiary/aromatic N) is 1. The third kappa shape index (κ3) is 7.27. The van der Waals surface area contributed by atoms with Crippen LogP contribution in [0.2, 0.25) is 0 Å². The molecule has 0 aromatic heterocycles. The van der Waals surface area contributed by atoms with E-state index in [1.54, 1.807) is 0 Å². The Hall–Kier alpha value is -2.63. The van der Waals surface area contributed by atoms with Crippen LogP contribution in [-0.4, -0.2) is 37.7 Å². The van der Waals surface area contributed by atoms with E-state index in [-0.39, 0.29) is 29.2 Å². The first kappa shape index (κ1) is 29.9. The van der Waals surface area contributed by atoms with Crippen molar-refractivity contribution in [3.05, 3.63) is 47.8 Å². The van der Waals surface area contributed by atoms with Crippen LogP contribution in [0.1, 0.15) is 39.2 Å². The normalized spacial score (nSPS) is 18.6. The Morgan fingerprint density at radius 3 is 2.26 bits per heavy atom. The van der Waals surface area contributed by atoms with E-state index in [1.165, 1.54) is 30.9 Å². The first-order valence-electron chi connectivity index (χ1n) is 11.7. The number of methoxy groups -OCH3 is 1. The molecule has 1 heterocycles. The molecular weight excluding hydrogens is 539 g/mol. The van der Waals surface area contributed by atoms with Gasteiger partial charge in [0, 0.05) is 29.5 Å². The quantitative estimate of drug-likeness (QED) is 0.239. The lowest BCUT2D eigenvalue weighted by Gasteiger charge is -2.29. The number of hydrogen-bond donors (Lipinski definition) is 0. The topological polar surface area (TPSA) is 38.8 Å². The number of thioether (sulfide) groups is 1. The van der Waals surface area contributed by atoms with E-state index in [2.05, 4.69) is 4.74 Å². The van der Waals surface area contributed by atoms with Crippen molar-refractivity contribution in [1.29, 1.82) is 0 Å². The van der Waals surface area contributed by atoms with Crippen molar-refractivity contribution < 1.29 is 45.0 Å². The molecule has 2 atom stereocenters. The second-order valence-corrected chi connectivity index (χ2v) is 11.0. The number of alkyl halides is 6. The molecule has 12 heteroatoms. The summed E-state index contributed by atoms with van der Waals surface area (Å²) in [5, 5.41) is 0. The summed E-state index contributed by atoms with van der Waals surface area (Å²) >= 11 is 0.604. The molecule has 0 N–H and O–H groups in total. The number of rotatable bonds is 8. The first-order chi connectivity index (χ1) is 17.5. The number of hydrogen-bond acceptors (Lipinski definition) is 5. The minimum Gasteiger partial charge on any atom is -0.492 e. The van der Waals surface area contributed by atoms with Crippen LogP contribution in [0.15, 0.2) is 41.3 Å². The number of halogens is 7. The van der Waals surface area contributed by atoms with Gasteiger partial charge in [-0.25, -0.2) is 17.6 Å². The van der Waals surface area contributed by atoms with E-state index in [9.17, 15) is 31.1 Å². The Balaban J connectivity index is 2.10. The molecule has 2 aromatic rings. The largest absolute Gasteiger partial charge is 0.492 e. The SMILES string of the molecule is COC(=O)C(C)(C)COc1cc2c(cc1C(F)(F)F)N(c1ccc(F)cc1)CC(CCC(C)(F)F)C(F)S2. The smallest absolute Gasteiger partial charge is 0.420 e. The fourth-order valence-electron chi connectivity index (χ4n) is 3.95. The van der Waals surface area contributed by atoms with Crippen molar-refractivity contribution in [1.82, 2.24) is 0 Å². The van der Waals surface area contributed by atoms with Gasteiger partial charge in [0.2, 0.25) is 5.92 Å².